The van der Waals surface area contributed by atoms with Crippen LogP contribution in [0.4, 0.5) is 0 Å². The fraction of sp³-hybridized carbons (Fsp3) is 0.357. The maximum Gasteiger partial charge on any atom is 0.123 e. The zero-order valence-corrected chi connectivity index (χ0v) is 11.4. The molecular weight excluding hydrogens is 244 g/mol. The van der Waals surface area contributed by atoms with Crippen LogP contribution in [0, 0.1) is 0 Å². The van der Waals surface area contributed by atoms with Gasteiger partial charge in [0.2, 0.25) is 0 Å². The SMILES string of the molecule is CCCNCc1cc(OCc2cccs2)ccn1. The topological polar surface area (TPSA) is 34.1 Å². The number of ether oxygens (including phenoxy) is 1. The summed E-state index contributed by atoms with van der Waals surface area (Å²) in [6.45, 7) is 4.59. The van der Waals surface area contributed by atoms with Crippen molar-refractivity contribution >= 4 is 11.3 Å². The smallest absolute Gasteiger partial charge is 0.123 e. The third-order valence-corrected chi connectivity index (χ3v) is 3.33. The number of rotatable bonds is 7. The van der Waals surface area contributed by atoms with Crippen LogP contribution in [-0.4, -0.2) is 11.5 Å². The molecule has 2 rings (SSSR count). The van der Waals surface area contributed by atoms with Crippen LogP contribution < -0.4 is 10.1 Å². The van der Waals surface area contributed by atoms with Gasteiger partial charge >= 0.3 is 0 Å². The summed E-state index contributed by atoms with van der Waals surface area (Å²) in [5, 5.41) is 5.39. The number of nitrogens with zero attached hydrogens (tertiary/aromatic N) is 1. The Labute approximate surface area is 112 Å². The van der Waals surface area contributed by atoms with E-state index in [1.54, 1.807) is 17.5 Å². The monoisotopic (exact) mass is 262 g/mol. The van der Waals surface area contributed by atoms with Crippen LogP contribution in [-0.2, 0) is 13.2 Å². The molecule has 1 N–H and O–H groups in total. The highest BCUT2D eigenvalue weighted by molar-refractivity contribution is 7.09. The summed E-state index contributed by atoms with van der Waals surface area (Å²) >= 11 is 1.71. The minimum Gasteiger partial charge on any atom is -0.488 e. The van der Waals surface area contributed by atoms with Gasteiger partial charge in [0.25, 0.3) is 0 Å². The second-order valence-electron chi connectivity index (χ2n) is 4.03. The second-order valence-corrected chi connectivity index (χ2v) is 5.06. The van der Waals surface area contributed by atoms with E-state index >= 15 is 0 Å². The van der Waals surface area contributed by atoms with E-state index in [1.165, 1.54) is 4.88 Å². The van der Waals surface area contributed by atoms with Crippen LogP contribution in [0.5, 0.6) is 5.75 Å². The minimum atomic E-state index is 0.628. The molecule has 4 heteroatoms. The Morgan fingerprint density at radius 1 is 1.39 bits per heavy atom. The first-order valence-electron chi connectivity index (χ1n) is 6.19. The van der Waals surface area contributed by atoms with Gasteiger partial charge < -0.3 is 10.1 Å². The van der Waals surface area contributed by atoms with E-state index in [1.807, 2.05) is 18.2 Å². The number of pyridine rings is 1. The van der Waals surface area contributed by atoms with Gasteiger partial charge in [0.15, 0.2) is 0 Å². The lowest BCUT2D eigenvalue weighted by Crippen LogP contribution is -2.14. The summed E-state index contributed by atoms with van der Waals surface area (Å²) in [6, 6.07) is 8.01. The number of thiophene rings is 1. The normalized spacial score (nSPS) is 10.5. The average molecular weight is 262 g/mol. The molecule has 2 heterocycles. The highest BCUT2D eigenvalue weighted by Crippen LogP contribution is 2.15. The van der Waals surface area contributed by atoms with Crippen molar-refractivity contribution in [2.75, 3.05) is 6.54 Å². The van der Waals surface area contributed by atoms with E-state index in [0.717, 1.165) is 31.0 Å². The third kappa shape index (κ3) is 4.13. The standard InChI is InChI=1S/C14H18N2OS/c1-2-6-15-10-12-9-13(5-7-16-12)17-11-14-4-3-8-18-14/h3-5,7-9,15H,2,6,10-11H2,1H3. The molecule has 0 aromatic carbocycles. The van der Waals surface area contributed by atoms with E-state index in [9.17, 15) is 0 Å². The Kier molecular flexibility index (Phi) is 5.17. The molecular formula is C14H18N2OS. The van der Waals surface area contributed by atoms with Crippen LogP contribution in [0.1, 0.15) is 23.9 Å². The number of hydrogen-bond donors (Lipinski definition) is 1. The fourth-order valence-corrected chi connectivity index (χ4v) is 2.20. The van der Waals surface area contributed by atoms with Crippen LogP contribution in [0.3, 0.4) is 0 Å². The fourth-order valence-electron chi connectivity index (χ4n) is 1.58. The van der Waals surface area contributed by atoms with Gasteiger partial charge in [-0.3, -0.25) is 4.98 Å². The molecule has 0 saturated carbocycles. The summed E-state index contributed by atoms with van der Waals surface area (Å²) < 4.78 is 5.74. The largest absolute Gasteiger partial charge is 0.488 e. The van der Waals surface area contributed by atoms with Gasteiger partial charge in [0.1, 0.15) is 12.4 Å². The van der Waals surface area contributed by atoms with E-state index in [4.69, 9.17) is 4.74 Å². The van der Waals surface area contributed by atoms with Crippen molar-refractivity contribution in [3.8, 4) is 5.75 Å². The second kappa shape index (κ2) is 7.13. The van der Waals surface area contributed by atoms with E-state index in [2.05, 4.69) is 28.7 Å². The van der Waals surface area contributed by atoms with Crippen molar-refractivity contribution in [3.63, 3.8) is 0 Å². The van der Waals surface area contributed by atoms with Crippen molar-refractivity contribution in [2.45, 2.75) is 26.5 Å². The maximum atomic E-state index is 5.74. The Balaban J connectivity index is 1.86. The van der Waals surface area contributed by atoms with Crippen molar-refractivity contribution < 1.29 is 4.74 Å². The van der Waals surface area contributed by atoms with E-state index in [-0.39, 0.29) is 0 Å². The highest BCUT2D eigenvalue weighted by Gasteiger charge is 1.99. The minimum absolute atomic E-state index is 0.628. The molecule has 3 nitrogen and oxygen atoms in total. The van der Waals surface area contributed by atoms with Crippen molar-refractivity contribution in [1.29, 1.82) is 0 Å². The Bertz CT molecular complexity index is 457. The molecule has 0 aliphatic carbocycles. The van der Waals surface area contributed by atoms with Crippen LogP contribution in [0.25, 0.3) is 0 Å². The summed E-state index contributed by atoms with van der Waals surface area (Å²) in [7, 11) is 0. The number of aromatic nitrogens is 1. The van der Waals surface area contributed by atoms with Crippen LogP contribution >= 0.6 is 11.3 Å². The predicted octanol–water partition coefficient (Wildman–Crippen LogP) is 3.22. The van der Waals surface area contributed by atoms with E-state index < -0.39 is 0 Å². The zero-order chi connectivity index (χ0) is 12.6. The summed E-state index contributed by atoms with van der Waals surface area (Å²) in [4.78, 5) is 5.55. The molecule has 0 spiro atoms. The molecule has 0 saturated heterocycles. The molecule has 0 aliphatic rings. The molecule has 0 bridgehead atoms. The van der Waals surface area contributed by atoms with Gasteiger partial charge in [-0.2, -0.15) is 0 Å². The van der Waals surface area contributed by atoms with Gasteiger partial charge in [-0.15, -0.1) is 11.3 Å². The van der Waals surface area contributed by atoms with Gasteiger partial charge in [-0.1, -0.05) is 13.0 Å². The molecule has 18 heavy (non-hydrogen) atoms. The quantitative estimate of drug-likeness (QED) is 0.778. The lowest BCUT2D eigenvalue weighted by Gasteiger charge is -2.07. The predicted molar refractivity (Wildman–Crippen MR) is 74.9 cm³/mol. The number of nitrogens with one attached hydrogen (secondary N) is 1. The Morgan fingerprint density at radius 3 is 3.11 bits per heavy atom. The highest BCUT2D eigenvalue weighted by atomic mass is 32.1. The number of hydrogen-bond acceptors (Lipinski definition) is 4. The van der Waals surface area contributed by atoms with Crippen molar-refractivity contribution in [1.82, 2.24) is 10.3 Å². The molecule has 2 aromatic rings. The Hall–Kier alpha value is -1.39. The lowest BCUT2D eigenvalue weighted by molar-refractivity contribution is 0.309. The molecule has 0 amide bonds. The molecule has 96 valence electrons. The van der Waals surface area contributed by atoms with Crippen LogP contribution in [0.15, 0.2) is 35.8 Å². The summed E-state index contributed by atoms with van der Waals surface area (Å²) in [5.74, 6) is 0.881. The molecule has 0 atom stereocenters. The maximum absolute atomic E-state index is 5.74. The molecule has 0 radical (unpaired) electrons. The Morgan fingerprint density at radius 2 is 2.33 bits per heavy atom. The van der Waals surface area contributed by atoms with Gasteiger partial charge in [-0.05, 0) is 30.5 Å². The first-order chi connectivity index (χ1) is 8.88. The average Bonchev–Trinajstić information content (AvgIpc) is 2.90. The third-order valence-electron chi connectivity index (χ3n) is 2.48. The lowest BCUT2D eigenvalue weighted by atomic mass is 10.3. The molecule has 0 fully saturated rings. The van der Waals surface area contributed by atoms with Gasteiger partial charge in [0.05, 0.1) is 5.69 Å². The van der Waals surface area contributed by atoms with Gasteiger partial charge in [-0.25, -0.2) is 0 Å². The van der Waals surface area contributed by atoms with Crippen LogP contribution in [0.2, 0.25) is 0 Å². The molecule has 0 unspecified atom stereocenters. The van der Waals surface area contributed by atoms with Crippen molar-refractivity contribution in [3.05, 3.63) is 46.4 Å². The van der Waals surface area contributed by atoms with E-state index in [0.29, 0.717) is 6.61 Å². The molecule has 0 aliphatic heterocycles. The summed E-state index contributed by atoms with van der Waals surface area (Å²) in [5.41, 5.74) is 1.02. The first kappa shape index (κ1) is 13.1. The summed E-state index contributed by atoms with van der Waals surface area (Å²) in [6.07, 6.45) is 2.93. The first-order valence-corrected chi connectivity index (χ1v) is 7.07. The zero-order valence-electron chi connectivity index (χ0n) is 10.6. The van der Waals surface area contributed by atoms with Crippen molar-refractivity contribution in [2.24, 2.45) is 0 Å². The molecule has 2 aromatic heterocycles. The van der Waals surface area contributed by atoms with Gasteiger partial charge in [0, 0.05) is 23.7 Å².